The van der Waals surface area contributed by atoms with Gasteiger partial charge in [0.2, 0.25) is 5.82 Å². The molecule has 5 rings (SSSR count). The Balaban J connectivity index is 1.55. The first-order chi connectivity index (χ1) is 18.3. The van der Waals surface area contributed by atoms with E-state index in [4.69, 9.17) is 5.73 Å². The molecule has 0 atom stereocenters. The van der Waals surface area contributed by atoms with Crippen LogP contribution in [0.15, 0.2) is 66.7 Å². The van der Waals surface area contributed by atoms with Crippen molar-refractivity contribution in [2.45, 2.75) is 12.7 Å². The number of nitrogens with zero attached hydrogens (tertiary/aromatic N) is 4. The Bertz CT molecular complexity index is 1370. The zero-order valence-corrected chi connectivity index (χ0v) is 22.3. The number of hydrogen-bond acceptors (Lipinski definition) is 8. The van der Waals surface area contributed by atoms with Gasteiger partial charge < -0.3 is 15.4 Å². The van der Waals surface area contributed by atoms with Crippen LogP contribution in [0.4, 0.5) is 29.7 Å². The molecule has 1 aliphatic heterocycles. The summed E-state index contributed by atoms with van der Waals surface area (Å²) in [6.45, 7) is 3.25. The number of hydrogen-bond donors (Lipinski definition) is 2. The summed E-state index contributed by atoms with van der Waals surface area (Å²) in [5.74, 6) is -0.829. The largest absolute Gasteiger partial charge is 0.451 e. The molecule has 0 amide bonds. The molecule has 6 nitrogen and oxygen atoms in total. The van der Waals surface area contributed by atoms with Crippen molar-refractivity contribution in [3.63, 3.8) is 0 Å². The first-order valence-corrected chi connectivity index (χ1v) is 14.1. The quantitative estimate of drug-likeness (QED) is 0.252. The van der Waals surface area contributed by atoms with Gasteiger partial charge in [-0.05, 0) is 29.8 Å². The number of thiophene rings is 1. The lowest BCUT2D eigenvalue weighted by molar-refractivity contribution is -0.144. The zero-order chi connectivity index (χ0) is 26.7. The van der Waals surface area contributed by atoms with Gasteiger partial charge in [-0.15, -0.1) is 11.3 Å². The molecule has 38 heavy (non-hydrogen) atoms. The van der Waals surface area contributed by atoms with E-state index < -0.39 is 12.0 Å². The van der Waals surface area contributed by atoms with Gasteiger partial charge in [-0.25, -0.2) is 9.97 Å². The van der Waals surface area contributed by atoms with E-state index in [9.17, 15) is 13.2 Å². The normalized spacial score (nSPS) is 14.6. The number of anilines is 3. The number of nitrogens with two attached hydrogens (primary N) is 1. The molecule has 198 valence electrons. The molecule has 11 heteroatoms. The number of alkyl halides is 3. The third-order valence-electron chi connectivity index (χ3n) is 6.32. The Kier molecular flexibility index (Phi) is 7.78. The fourth-order valence-corrected chi connectivity index (χ4v) is 5.71. The summed E-state index contributed by atoms with van der Waals surface area (Å²) < 4.78 is 45.3. The Hall–Kier alpha value is -3.28. The maximum Gasteiger partial charge on any atom is 0.451 e. The van der Waals surface area contributed by atoms with Gasteiger partial charge in [0.1, 0.15) is 5.82 Å². The SMILES string of the molecule is CSNc1ccc(-c2nc(C(F)(F)F)nc(N3CCN(Cc4ccc(N)s4)CC3)c2-c2ccccc2)cc1. The number of aromatic nitrogens is 2. The van der Waals surface area contributed by atoms with Crippen LogP contribution in [0.1, 0.15) is 10.7 Å². The zero-order valence-electron chi connectivity index (χ0n) is 20.7. The fourth-order valence-electron chi connectivity index (χ4n) is 4.52. The Morgan fingerprint density at radius 1 is 0.921 bits per heavy atom. The summed E-state index contributed by atoms with van der Waals surface area (Å²) in [4.78, 5) is 13.6. The molecule has 0 aliphatic carbocycles. The van der Waals surface area contributed by atoms with Gasteiger partial charge in [0.15, 0.2) is 0 Å². The predicted molar refractivity (Wildman–Crippen MR) is 151 cm³/mol. The van der Waals surface area contributed by atoms with E-state index in [0.717, 1.165) is 22.8 Å². The summed E-state index contributed by atoms with van der Waals surface area (Å²) in [5, 5.41) is 0.775. The second-order valence-corrected chi connectivity index (χ2v) is 10.7. The van der Waals surface area contributed by atoms with E-state index in [0.29, 0.717) is 43.1 Å². The van der Waals surface area contributed by atoms with Crippen LogP contribution in [-0.4, -0.2) is 47.3 Å². The number of nitrogens with one attached hydrogen (secondary N) is 1. The lowest BCUT2D eigenvalue weighted by Crippen LogP contribution is -2.46. The molecule has 0 unspecified atom stereocenters. The van der Waals surface area contributed by atoms with Gasteiger partial charge in [0.05, 0.1) is 16.3 Å². The third-order valence-corrected chi connectivity index (χ3v) is 7.66. The molecule has 1 saturated heterocycles. The molecule has 2 aromatic carbocycles. The van der Waals surface area contributed by atoms with Gasteiger partial charge in [0.25, 0.3) is 0 Å². The molecule has 0 bridgehead atoms. The van der Waals surface area contributed by atoms with Crippen LogP contribution in [0.5, 0.6) is 0 Å². The van der Waals surface area contributed by atoms with Crippen LogP contribution >= 0.6 is 23.3 Å². The molecule has 0 spiro atoms. The minimum Gasteiger partial charge on any atom is -0.391 e. The number of piperazine rings is 1. The van der Waals surface area contributed by atoms with Gasteiger partial charge in [-0.1, -0.05) is 54.4 Å². The van der Waals surface area contributed by atoms with Crippen molar-refractivity contribution in [2.24, 2.45) is 0 Å². The molecule has 0 saturated carbocycles. The Morgan fingerprint density at radius 2 is 1.63 bits per heavy atom. The van der Waals surface area contributed by atoms with E-state index in [1.807, 2.05) is 65.8 Å². The summed E-state index contributed by atoms with van der Waals surface area (Å²) >= 11 is 3.00. The lowest BCUT2D eigenvalue weighted by Gasteiger charge is -2.36. The topological polar surface area (TPSA) is 70.3 Å². The first-order valence-electron chi connectivity index (χ1n) is 12.1. The molecular formula is C27H27F3N6S2. The van der Waals surface area contributed by atoms with Crippen molar-refractivity contribution in [3.05, 3.63) is 77.4 Å². The standard InChI is InChI=1S/C27H27F3N6S2/c1-37-34-20-9-7-19(8-10-20)24-23(18-5-3-2-4-6-18)25(33-26(32-24)27(28,29)30)36-15-13-35(14-16-36)17-21-11-12-22(31)38-21/h2-12,34H,13-17,31H2,1H3. The van der Waals surface area contributed by atoms with Crippen LogP contribution in [0.2, 0.25) is 0 Å². The molecule has 2 aromatic heterocycles. The number of nitrogen functional groups attached to an aromatic ring is 1. The average Bonchev–Trinajstić information content (AvgIpc) is 3.33. The first kappa shape index (κ1) is 26.3. The van der Waals surface area contributed by atoms with Crippen LogP contribution in [-0.2, 0) is 12.7 Å². The minimum atomic E-state index is -4.68. The molecule has 3 N–H and O–H groups in total. The molecular weight excluding hydrogens is 529 g/mol. The van der Waals surface area contributed by atoms with Crippen molar-refractivity contribution in [1.29, 1.82) is 0 Å². The summed E-state index contributed by atoms with van der Waals surface area (Å²) in [7, 11) is 0. The van der Waals surface area contributed by atoms with Gasteiger partial charge in [-0.2, -0.15) is 13.2 Å². The van der Waals surface area contributed by atoms with Crippen molar-refractivity contribution < 1.29 is 13.2 Å². The van der Waals surface area contributed by atoms with E-state index in [1.165, 1.54) is 16.8 Å². The van der Waals surface area contributed by atoms with E-state index in [-0.39, 0.29) is 5.69 Å². The smallest absolute Gasteiger partial charge is 0.391 e. The van der Waals surface area contributed by atoms with Gasteiger partial charge >= 0.3 is 6.18 Å². The highest BCUT2D eigenvalue weighted by Gasteiger charge is 2.38. The highest BCUT2D eigenvalue weighted by Crippen LogP contribution is 2.41. The fraction of sp³-hybridized carbons (Fsp3) is 0.259. The molecule has 3 heterocycles. The number of rotatable bonds is 7. The van der Waals surface area contributed by atoms with Crippen LogP contribution < -0.4 is 15.4 Å². The number of benzene rings is 2. The second-order valence-electron chi connectivity index (χ2n) is 8.91. The number of halogens is 3. The van der Waals surface area contributed by atoms with E-state index in [2.05, 4.69) is 19.6 Å². The molecule has 1 fully saturated rings. The lowest BCUT2D eigenvalue weighted by atomic mass is 9.98. The summed E-state index contributed by atoms with van der Waals surface area (Å²) in [5.41, 5.74) is 8.96. The molecule has 1 aliphatic rings. The average molecular weight is 557 g/mol. The maximum absolute atomic E-state index is 14.1. The van der Waals surface area contributed by atoms with Gasteiger partial charge in [-0.3, -0.25) is 4.90 Å². The van der Waals surface area contributed by atoms with Crippen LogP contribution in [0, 0.1) is 0 Å². The Morgan fingerprint density at radius 3 is 2.24 bits per heavy atom. The van der Waals surface area contributed by atoms with Crippen LogP contribution in [0.3, 0.4) is 0 Å². The summed E-state index contributed by atoms with van der Waals surface area (Å²) in [6.07, 6.45) is -2.77. The van der Waals surface area contributed by atoms with Crippen molar-refractivity contribution in [2.75, 3.05) is 47.8 Å². The Labute approximate surface area is 227 Å². The second kappa shape index (κ2) is 11.2. The summed E-state index contributed by atoms with van der Waals surface area (Å²) in [6, 6.07) is 20.6. The van der Waals surface area contributed by atoms with Crippen molar-refractivity contribution >= 4 is 39.8 Å². The predicted octanol–water partition coefficient (Wildman–Crippen LogP) is 6.49. The van der Waals surface area contributed by atoms with Crippen molar-refractivity contribution in [1.82, 2.24) is 14.9 Å². The third kappa shape index (κ3) is 5.90. The highest BCUT2D eigenvalue weighted by atomic mass is 32.2. The molecule has 0 radical (unpaired) electrons. The van der Waals surface area contributed by atoms with E-state index >= 15 is 0 Å². The minimum absolute atomic E-state index is 0.265. The molecule has 4 aromatic rings. The van der Waals surface area contributed by atoms with Crippen molar-refractivity contribution in [3.8, 4) is 22.4 Å². The maximum atomic E-state index is 14.1. The van der Waals surface area contributed by atoms with E-state index in [1.54, 1.807) is 23.5 Å². The highest BCUT2D eigenvalue weighted by molar-refractivity contribution is 7.99. The van der Waals surface area contributed by atoms with Gasteiger partial charge in [0, 0.05) is 55.1 Å². The monoisotopic (exact) mass is 556 g/mol. The van der Waals surface area contributed by atoms with Crippen LogP contribution in [0.25, 0.3) is 22.4 Å².